The van der Waals surface area contributed by atoms with E-state index in [0.717, 1.165) is 18.4 Å². The van der Waals surface area contributed by atoms with Gasteiger partial charge in [-0.3, -0.25) is 9.78 Å². The van der Waals surface area contributed by atoms with Gasteiger partial charge in [-0.05, 0) is 31.4 Å². The molecule has 1 aliphatic heterocycles. The molecule has 3 rings (SSSR count). The number of hydrogen-bond donors (Lipinski definition) is 1. The lowest BCUT2D eigenvalue weighted by molar-refractivity contribution is 0.106. The number of H-pyrrole nitrogens is 1. The second-order valence-electron chi connectivity index (χ2n) is 6.10. The van der Waals surface area contributed by atoms with E-state index in [1.807, 2.05) is 31.2 Å². The Morgan fingerprint density at radius 3 is 2.67 bits per heavy atom. The summed E-state index contributed by atoms with van der Waals surface area (Å²) in [5.41, 5.74) is 0.359. The van der Waals surface area contributed by atoms with E-state index in [1.165, 1.54) is 23.9 Å². The molecule has 2 atom stereocenters. The average molecular weight is 396 g/mol. The molecule has 0 saturated carbocycles. The van der Waals surface area contributed by atoms with Crippen LogP contribution in [0.15, 0.2) is 46.1 Å². The molecule has 148 valence electrons. The first kappa shape index (κ1) is 21.2. The molecule has 1 aromatic heterocycles. The van der Waals surface area contributed by atoms with Gasteiger partial charge < -0.3 is 18.4 Å². The van der Waals surface area contributed by atoms with Crippen LogP contribution < -0.4 is 15.8 Å². The van der Waals surface area contributed by atoms with Gasteiger partial charge in [0, 0.05) is 33.0 Å². The predicted molar refractivity (Wildman–Crippen MR) is 103 cm³/mol. The van der Waals surface area contributed by atoms with Crippen LogP contribution in [0.2, 0.25) is 0 Å². The quantitative estimate of drug-likeness (QED) is 0.780. The number of aromatic nitrogens is 2. The van der Waals surface area contributed by atoms with Crippen LogP contribution in [0.3, 0.4) is 0 Å². The summed E-state index contributed by atoms with van der Waals surface area (Å²) in [5, 5.41) is 0. The predicted octanol–water partition coefficient (Wildman–Crippen LogP) is 2.42. The van der Waals surface area contributed by atoms with E-state index in [-0.39, 0.29) is 17.4 Å². The van der Waals surface area contributed by atoms with Crippen molar-refractivity contribution in [2.45, 2.75) is 32.4 Å². The molecule has 1 aromatic carbocycles. The van der Waals surface area contributed by atoms with E-state index in [9.17, 15) is 14.2 Å². The smallest absolute Gasteiger partial charge is 0.379 e. The molecule has 27 heavy (non-hydrogen) atoms. The summed E-state index contributed by atoms with van der Waals surface area (Å²) in [6.45, 7) is 2.47. The highest BCUT2D eigenvalue weighted by molar-refractivity contribution is 7.54. The highest BCUT2D eigenvalue weighted by Gasteiger charge is 2.29. The molecular weight excluding hydrogens is 371 g/mol. The molecule has 0 saturated heterocycles. The number of aryl methyl sites for hydroxylation is 2. The third kappa shape index (κ3) is 6.20. The fourth-order valence-corrected chi connectivity index (χ4v) is 3.78. The van der Waals surface area contributed by atoms with Gasteiger partial charge in [-0.1, -0.05) is 18.2 Å². The Labute approximate surface area is 157 Å². The Kier molecular flexibility index (Phi) is 7.59. The summed E-state index contributed by atoms with van der Waals surface area (Å²) >= 11 is 0. The fourth-order valence-electron chi connectivity index (χ4n) is 2.44. The van der Waals surface area contributed by atoms with Gasteiger partial charge in [0.15, 0.2) is 0 Å². The van der Waals surface area contributed by atoms with E-state index in [4.69, 9.17) is 13.8 Å². The minimum absolute atomic E-state index is 0.105. The van der Waals surface area contributed by atoms with Gasteiger partial charge in [-0.25, -0.2) is 9.36 Å². The van der Waals surface area contributed by atoms with E-state index >= 15 is 0 Å². The first-order chi connectivity index (χ1) is 12.9. The van der Waals surface area contributed by atoms with Gasteiger partial charge in [0.05, 0.1) is 12.3 Å². The van der Waals surface area contributed by atoms with Crippen molar-refractivity contribution in [2.24, 2.45) is 0 Å². The maximum absolute atomic E-state index is 11.7. The molecule has 1 aliphatic rings. The molecule has 2 aromatic rings. The van der Waals surface area contributed by atoms with E-state index in [0.29, 0.717) is 18.5 Å². The summed E-state index contributed by atoms with van der Waals surface area (Å²) in [6.07, 6.45) is 3.57. The van der Waals surface area contributed by atoms with Crippen LogP contribution in [0.1, 0.15) is 18.9 Å². The van der Waals surface area contributed by atoms with Gasteiger partial charge in [-0.15, -0.1) is 0 Å². The van der Waals surface area contributed by atoms with Crippen molar-refractivity contribution in [3.05, 3.63) is 62.9 Å². The van der Waals surface area contributed by atoms with Crippen LogP contribution in [-0.4, -0.2) is 36.0 Å². The molecule has 1 N–H and O–H groups in total. The van der Waals surface area contributed by atoms with Crippen LogP contribution >= 0.6 is 7.60 Å². The first-order valence-corrected chi connectivity index (χ1v) is 10.3. The normalized spacial score (nSPS) is 19.2. The molecule has 0 radical (unpaired) electrons. The largest absolute Gasteiger partial charge is 0.424 e. The molecule has 0 bridgehead atoms. The van der Waals surface area contributed by atoms with Crippen molar-refractivity contribution < 1.29 is 18.3 Å². The standard InChI is InChI=1S/C9H14N2O3.C9H11O3P/c1-7(14-2)3-5-11-6-4-8(12)10-9(11)13;1-11-13(10)7-6-8-4-2-3-5-9(8)12-13/h4,6-7H,3,5H2,1-2H3,(H,10,12,13);2-5H,6-7H2,1H3. The molecule has 8 nitrogen and oxygen atoms in total. The lowest BCUT2D eigenvalue weighted by Gasteiger charge is -2.23. The van der Waals surface area contributed by atoms with Crippen LogP contribution in [-0.2, 0) is 26.8 Å². The average Bonchev–Trinajstić information content (AvgIpc) is 2.67. The Morgan fingerprint density at radius 2 is 2.00 bits per heavy atom. The first-order valence-electron chi connectivity index (χ1n) is 8.62. The van der Waals surface area contributed by atoms with Crippen molar-refractivity contribution in [1.82, 2.24) is 9.55 Å². The molecule has 0 spiro atoms. The molecule has 0 amide bonds. The number of nitrogens with zero attached hydrogens (tertiary/aromatic N) is 1. The number of aromatic amines is 1. The van der Waals surface area contributed by atoms with Gasteiger partial charge in [0.25, 0.3) is 5.56 Å². The molecular formula is C18H25N2O6P. The number of nitrogens with one attached hydrogen (secondary N) is 1. The minimum atomic E-state index is -2.83. The lowest BCUT2D eigenvalue weighted by atomic mass is 10.1. The Balaban J connectivity index is 0.000000194. The lowest BCUT2D eigenvalue weighted by Crippen LogP contribution is -2.29. The highest BCUT2D eigenvalue weighted by Crippen LogP contribution is 2.52. The second kappa shape index (κ2) is 9.69. The van der Waals surface area contributed by atoms with Crippen molar-refractivity contribution in [3.8, 4) is 5.75 Å². The zero-order chi connectivity index (χ0) is 19.9. The van der Waals surface area contributed by atoms with Gasteiger partial charge >= 0.3 is 13.3 Å². The fraction of sp³-hybridized carbons (Fsp3) is 0.444. The molecule has 0 fully saturated rings. The summed E-state index contributed by atoms with van der Waals surface area (Å²) < 4.78 is 28.4. The van der Waals surface area contributed by atoms with Gasteiger partial charge in [-0.2, -0.15) is 0 Å². The zero-order valence-electron chi connectivity index (χ0n) is 15.7. The zero-order valence-corrected chi connectivity index (χ0v) is 16.6. The minimum Gasteiger partial charge on any atom is -0.424 e. The molecule has 9 heteroatoms. The monoisotopic (exact) mass is 396 g/mol. The number of benzene rings is 1. The van der Waals surface area contributed by atoms with E-state index in [1.54, 1.807) is 7.11 Å². The van der Waals surface area contributed by atoms with Crippen molar-refractivity contribution >= 4 is 7.60 Å². The Hall–Kier alpha value is -2.15. The van der Waals surface area contributed by atoms with Crippen LogP contribution in [0.4, 0.5) is 0 Å². The summed E-state index contributed by atoms with van der Waals surface area (Å²) in [6, 6.07) is 8.95. The molecule has 2 heterocycles. The number of ether oxygens (including phenoxy) is 1. The Morgan fingerprint density at radius 1 is 1.26 bits per heavy atom. The van der Waals surface area contributed by atoms with Crippen molar-refractivity contribution in [2.75, 3.05) is 20.4 Å². The maximum atomic E-state index is 11.7. The number of methoxy groups -OCH3 is 1. The van der Waals surface area contributed by atoms with Gasteiger partial charge in [0.2, 0.25) is 0 Å². The summed E-state index contributed by atoms with van der Waals surface area (Å²) in [7, 11) is 0.224. The summed E-state index contributed by atoms with van der Waals surface area (Å²) in [4.78, 5) is 24.1. The van der Waals surface area contributed by atoms with E-state index in [2.05, 4.69) is 4.98 Å². The van der Waals surface area contributed by atoms with Crippen LogP contribution in [0.25, 0.3) is 0 Å². The number of hydrogen-bond acceptors (Lipinski definition) is 6. The van der Waals surface area contributed by atoms with Gasteiger partial charge in [0.1, 0.15) is 5.75 Å². The maximum Gasteiger partial charge on any atom is 0.379 e. The van der Waals surface area contributed by atoms with E-state index < -0.39 is 7.60 Å². The Bertz CT molecular complexity index is 907. The molecule has 0 aliphatic carbocycles. The highest BCUT2D eigenvalue weighted by atomic mass is 31.2. The SMILES string of the molecule is COC(C)CCn1ccc(=O)[nH]c1=O.COP1(=O)CCc2ccccc2O1. The second-order valence-corrected chi connectivity index (χ2v) is 8.32. The van der Waals surface area contributed by atoms with Crippen molar-refractivity contribution in [3.63, 3.8) is 0 Å². The van der Waals surface area contributed by atoms with Crippen LogP contribution in [0, 0.1) is 0 Å². The third-order valence-corrected chi connectivity index (χ3v) is 6.02. The molecule has 2 unspecified atom stereocenters. The topological polar surface area (TPSA) is 99.6 Å². The third-order valence-electron chi connectivity index (χ3n) is 4.22. The number of fused-ring (bicyclic) bond motifs is 1. The number of para-hydroxylation sites is 1. The van der Waals surface area contributed by atoms with Crippen molar-refractivity contribution in [1.29, 1.82) is 0 Å². The summed E-state index contributed by atoms with van der Waals surface area (Å²) in [5.74, 6) is 0.693. The number of rotatable bonds is 5. The van der Waals surface area contributed by atoms with Crippen LogP contribution in [0.5, 0.6) is 5.75 Å².